The maximum atomic E-state index is 11.2. The Hall–Kier alpha value is -1.00. The predicted molar refractivity (Wildman–Crippen MR) is 71.3 cm³/mol. The van der Waals surface area contributed by atoms with Gasteiger partial charge in [-0.15, -0.1) is 11.8 Å². The van der Waals surface area contributed by atoms with Crippen molar-refractivity contribution in [2.75, 3.05) is 19.4 Å². The van der Waals surface area contributed by atoms with Gasteiger partial charge >= 0.3 is 5.97 Å². The largest absolute Gasteiger partial charge is 0.465 e. The van der Waals surface area contributed by atoms with Crippen LogP contribution in [-0.4, -0.2) is 25.4 Å². The van der Waals surface area contributed by atoms with E-state index in [9.17, 15) is 4.79 Å². The summed E-state index contributed by atoms with van der Waals surface area (Å²) >= 11 is 1.51. The molecule has 0 aliphatic rings. The van der Waals surface area contributed by atoms with E-state index in [0.717, 1.165) is 4.90 Å². The lowest BCUT2D eigenvalue weighted by atomic mass is 10.1. The zero-order chi connectivity index (χ0) is 12.7. The molecule has 1 N–H and O–H groups in total. The van der Waals surface area contributed by atoms with Crippen LogP contribution in [0.15, 0.2) is 29.2 Å². The fraction of sp³-hybridized carbons (Fsp3) is 0.462. The summed E-state index contributed by atoms with van der Waals surface area (Å²) < 4.78 is 4.89. The molecule has 0 bridgehead atoms. The fourth-order valence-corrected chi connectivity index (χ4v) is 2.15. The van der Waals surface area contributed by atoms with E-state index >= 15 is 0 Å². The van der Waals surface area contributed by atoms with Crippen LogP contribution >= 0.6 is 11.8 Å². The number of thioether (sulfide) groups is 1. The minimum Gasteiger partial charge on any atom is -0.465 e. The highest BCUT2D eigenvalue weighted by Gasteiger charge is 2.06. The maximum absolute atomic E-state index is 11.2. The molecule has 0 saturated heterocycles. The topological polar surface area (TPSA) is 38.3 Å². The standard InChI is InChI=1S/C13H19NO2S/c1-4-16-13(15)9-17-12-7-5-6-11(8-12)10(2)14-3/h5-8,10,14H,4,9H2,1-3H3. The van der Waals surface area contributed by atoms with E-state index in [0.29, 0.717) is 18.4 Å². The van der Waals surface area contributed by atoms with Crippen LogP contribution in [0.5, 0.6) is 0 Å². The Balaban J connectivity index is 2.57. The molecule has 1 atom stereocenters. The van der Waals surface area contributed by atoms with E-state index in [1.54, 1.807) is 0 Å². The third kappa shape index (κ3) is 4.79. The first kappa shape index (κ1) is 14.1. The minimum atomic E-state index is -0.162. The lowest BCUT2D eigenvalue weighted by Crippen LogP contribution is -2.12. The molecule has 4 heteroatoms. The van der Waals surface area contributed by atoms with Crippen molar-refractivity contribution in [3.05, 3.63) is 29.8 Å². The quantitative estimate of drug-likeness (QED) is 0.625. The van der Waals surface area contributed by atoms with Crippen LogP contribution in [0.25, 0.3) is 0 Å². The normalized spacial score (nSPS) is 12.2. The van der Waals surface area contributed by atoms with Crippen LogP contribution < -0.4 is 5.32 Å². The predicted octanol–water partition coefficient (Wildman–Crippen LogP) is 2.62. The lowest BCUT2D eigenvalue weighted by Gasteiger charge is -2.11. The Bertz CT molecular complexity index is 368. The van der Waals surface area contributed by atoms with E-state index in [1.807, 2.05) is 26.1 Å². The van der Waals surface area contributed by atoms with Crippen molar-refractivity contribution in [2.45, 2.75) is 24.8 Å². The van der Waals surface area contributed by atoms with E-state index in [2.05, 4.69) is 24.4 Å². The summed E-state index contributed by atoms with van der Waals surface area (Å²) in [4.78, 5) is 12.3. The van der Waals surface area contributed by atoms with E-state index in [1.165, 1.54) is 17.3 Å². The van der Waals surface area contributed by atoms with Crippen molar-refractivity contribution in [3.8, 4) is 0 Å². The van der Waals surface area contributed by atoms with Gasteiger partial charge in [0.25, 0.3) is 0 Å². The van der Waals surface area contributed by atoms with Gasteiger partial charge in [0.2, 0.25) is 0 Å². The molecule has 0 spiro atoms. The number of hydrogen-bond donors (Lipinski definition) is 1. The van der Waals surface area contributed by atoms with Crippen LogP contribution in [-0.2, 0) is 9.53 Å². The number of carbonyl (C=O) groups excluding carboxylic acids is 1. The summed E-state index contributed by atoms with van der Waals surface area (Å²) in [7, 11) is 1.93. The second kappa shape index (κ2) is 7.35. The molecular weight excluding hydrogens is 234 g/mol. The van der Waals surface area contributed by atoms with Crippen molar-refractivity contribution in [1.82, 2.24) is 5.32 Å². The first-order valence-corrected chi connectivity index (χ1v) is 6.71. The van der Waals surface area contributed by atoms with Crippen molar-refractivity contribution < 1.29 is 9.53 Å². The molecule has 0 saturated carbocycles. The molecule has 3 nitrogen and oxygen atoms in total. The average molecular weight is 253 g/mol. The third-order valence-corrected chi connectivity index (χ3v) is 3.42. The van der Waals surface area contributed by atoms with Gasteiger partial charge in [-0.05, 0) is 38.6 Å². The molecule has 17 heavy (non-hydrogen) atoms. The van der Waals surface area contributed by atoms with Crippen LogP contribution in [0.4, 0.5) is 0 Å². The highest BCUT2D eigenvalue weighted by Crippen LogP contribution is 2.22. The van der Waals surface area contributed by atoms with Gasteiger partial charge in [0.05, 0.1) is 12.4 Å². The molecule has 0 aliphatic carbocycles. The molecular formula is C13H19NO2S. The number of nitrogens with one attached hydrogen (secondary N) is 1. The van der Waals surface area contributed by atoms with Gasteiger partial charge < -0.3 is 10.1 Å². The van der Waals surface area contributed by atoms with Gasteiger partial charge in [0.15, 0.2) is 0 Å². The average Bonchev–Trinajstić information content (AvgIpc) is 2.36. The van der Waals surface area contributed by atoms with Crippen LogP contribution in [0.3, 0.4) is 0 Å². The zero-order valence-electron chi connectivity index (χ0n) is 10.5. The number of carbonyl (C=O) groups is 1. The molecule has 1 unspecified atom stereocenters. The SMILES string of the molecule is CCOC(=O)CSc1cccc(C(C)NC)c1. The molecule has 0 aromatic heterocycles. The molecule has 0 aliphatic heterocycles. The summed E-state index contributed by atoms with van der Waals surface area (Å²) in [6.45, 7) is 4.36. The molecule has 1 rings (SSSR count). The number of hydrogen-bond acceptors (Lipinski definition) is 4. The zero-order valence-corrected chi connectivity index (χ0v) is 11.3. The van der Waals surface area contributed by atoms with Gasteiger partial charge in [-0.1, -0.05) is 12.1 Å². The van der Waals surface area contributed by atoms with E-state index in [4.69, 9.17) is 4.74 Å². The monoisotopic (exact) mass is 253 g/mol. The maximum Gasteiger partial charge on any atom is 0.316 e. The highest BCUT2D eigenvalue weighted by molar-refractivity contribution is 8.00. The molecule has 1 aromatic carbocycles. The second-order valence-electron chi connectivity index (χ2n) is 3.68. The Morgan fingerprint density at radius 2 is 2.29 bits per heavy atom. The van der Waals surface area contributed by atoms with E-state index < -0.39 is 0 Å². The van der Waals surface area contributed by atoms with Gasteiger partial charge in [-0.25, -0.2) is 0 Å². The molecule has 94 valence electrons. The molecule has 0 fully saturated rings. The van der Waals surface area contributed by atoms with Crippen molar-refractivity contribution >= 4 is 17.7 Å². The Morgan fingerprint density at radius 3 is 2.94 bits per heavy atom. The van der Waals surface area contributed by atoms with Gasteiger partial charge in [-0.2, -0.15) is 0 Å². The Kier molecular flexibility index (Phi) is 6.08. The minimum absolute atomic E-state index is 0.162. The summed E-state index contributed by atoms with van der Waals surface area (Å²) in [6.07, 6.45) is 0. The van der Waals surface area contributed by atoms with Crippen LogP contribution in [0, 0.1) is 0 Å². The number of benzene rings is 1. The highest BCUT2D eigenvalue weighted by atomic mass is 32.2. The molecule has 0 amide bonds. The second-order valence-corrected chi connectivity index (χ2v) is 4.73. The first-order chi connectivity index (χ1) is 8.17. The Morgan fingerprint density at radius 1 is 1.53 bits per heavy atom. The number of ether oxygens (including phenoxy) is 1. The molecule has 0 heterocycles. The van der Waals surface area contributed by atoms with Crippen LogP contribution in [0.2, 0.25) is 0 Å². The van der Waals surface area contributed by atoms with Gasteiger partial charge in [-0.3, -0.25) is 4.79 Å². The van der Waals surface area contributed by atoms with Gasteiger partial charge in [0, 0.05) is 10.9 Å². The number of rotatable bonds is 6. The summed E-state index contributed by atoms with van der Waals surface area (Å²) in [6, 6.07) is 8.52. The molecule has 1 aromatic rings. The Labute approximate surface area is 107 Å². The first-order valence-electron chi connectivity index (χ1n) is 5.73. The number of esters is 1. The smallest absolute Gasteiger partial charge is 0.316 e. The fourth-order valence-electron chi connectivity index (χ4n) is 1.39. The van der Waals surface area contributed by atoms with Crippen LogP contribution in [0.1, 0.15) is 25.5 Å². The van der Waals surface area contributed by atoms with Crippen molar-refractivity contribution in [1.29, 1.82) is 0 Å². The van der Waals surface area contributed by atoms with E-state index in [-0.39, 0.29) is 5.97 Å². The van der Waals surface area contributed by atoms with Gasteiger partial charge in [0.1, 0.15) is 0 Å². The lowest BCUT2D eigenvalue weighted by molar-refractivity contribution is -0.139. The van der Waals surface area contributed by atoms with Crippen molar-refractivity contribution in [2.24, 2.45) is 0 Å². The summed E-state index contributed by atoms with van der Waals surface area (Å²) in [5.74, 6) is 0.204. The van der Waals surface area contributed by atoms with Crippen molar-refractivity contribution in [3.63, 3.8) is 0 Å². The summed E-state index contributed by atoms with van der Waals surface area (Å²) in [5.41, 5.74) is 1.22. The third-order valence-electron chi connectivity index (χ3n) is 2.45. The summed E-state index contributed by atoms with van der Waals surface area (Å²) in [5, 5.41) is 3.19. The molecule has 0 radical (unpaired) electrons.